The first-order valence-electron chi connectivity index (χ1n) is 5.63. The lowest BCUT2D eigenvalue weighted by atomic mass is 10.2. The highest BCUT2D eigenvalue weighted by Crippen LogP contribution is 2.20. The van der Waals surface area contributed by atoms with Crippen LogP contribution in [0.15, 0.2) is 48.5 Å². The Labute approximate surface area is 114 Å². The smallest absolute Gasteiger partial charge is 0.141 e. The van der Waals surface area contributed by atoms with Crippen molar-refractivity contribution in [3.8, 4) is 5.75 Å². The number of hydrogen-bond acceptors (Lipinski definition) is 4. The molecule has 4 nitrogen and oxygen atoms in total. The molecule has 19 heavy (non-hydrogen) atoms. The van der Waals surface area contributed by atoms with Gasteiger partial charge in [0.25, 0.3) is 0 Å². The van der Waals surface area contributed by atoms with E-state index in [1.807, 2.05) is 62.2 Å². The van der Waals surface area contributed by atoms with E-state index in [9.17, 15) is 0 Å². The normalized spacial score (nSPS) is 8.32. The Morgan fingerprint density at radius 1 is 1.00 bits per heavy atom. The van der Waals surface area contributed by atoms with E-state index in [1.165, 1.54) is 0 Å². The monoisotopic (exact) mass is 260 g/mol. The van der Waals surface area contributed by atoms with Crippen LogP contribution in [0.2, 0.25) is 0 Å². The molecule has 0 fully saturated rings. The molecule has 0 saturated heterocycles. The van der Waals surface area contributed by atoms with Crippen LogP contribution in [0.25, 0.3) is 0 Å². The highest BCUT2D eigenvalue weighted by molar-refractivity contribution is 5.53. The number of benzene rings is 2. The molecule has 0 unspecified atom stereocenters. The molecule has 0 radical (unpaired) electrons. The Morgan fingerprint density at radius 2 is 1.58 bits per heavy atom. The zero-order valence-electron chi connectivity index (χ0n) is 11.3. The van der Waals surface area contributed by atoms with E-state index < -0.39 is 0 Å². The zero-order chi connectivity index (χ0) is 14.7. The van der Waals surface area contributed by atoms with Crippen LogP contribution < -0.4 is 16.2 Å². The van der Waals surface area contributed by atoms with E-state index in [1.54, 1.807) is 7.11 Å². The average Bonchev–Trinajstić information content (AvgIpc) is 2.43. The lowest BCUT2D eigenvalue weighted by molar-refractivity contribution is -0.0979. The first-order chi connectivity index (χ1) is 9.13. The fraction of sp³-hybridized carbons (Fsp3) is 0.133. The van der Waals surface area contributed by atoms with Crippen molar-refractivity contribution >= 4 is 18.2 Å². The molecule has 2 aromatic carbocycles. The van der Waals surface area contributed by atoms with Crippen molar-refractivity contribution < 1.29 is 9.53 Å². The Hall–Kier alpha value is -2.49. The first kappa shape index (κ1) is 16.5. The van der Waals surface area contributed by atoms with E-state index in [4.69, 9.17) is 21.0 Å². The van der Waals surface area contributed by atoms with Crippen LogP contribution in [-0.4, -0.2) is 13.9 Å². The van der Waals surface area contributed by atoms with Gasteiger partial charge in [0.05, 0.1) is 12.8 Å². The molecule has 102 valence electrons. The molecular weight excluding hydrogens is 240 g/mol. The summed E-state index contributed by atoms with van der Waals surface area (Å²) in [4.78, 5) is 8.00. The summed E-state index contributed by atoms with van der Waals surface area (Å²) in [5, 5.41) is 0. The third kappa shape index (κ3) is 6.73. The molecule has 0 bridgehead atoms. The number of carbonyl (C=O) groups excluding carboxylic acids is 1. The fourth-order valence-corrected chi connectivity index (χ4v) is 1.31. The minimum Gasteiger partial charge on any atom is -0.495 e. The Kier molecular flexibility index (Phi) is 8.28. The molecule has 0 aliphatic rings. The van der Waals surface area contributed by atoms with Crippen molar-refractivity contribution in [2.75, 3.05) is 18.6 Å². The van der Waals surface area contributed by atoms with Crippen molar-refractivity contribution in [1.82, 2.24) is 0 Å². The molecule has 0 aliphatic heterocycles. The van der Waals surface area contributed by atoms with E-state index in [2.05, 4.69) is 0 Å². The summed E-state index contributed by atoms with van der Waals surface area (Å²) < 4.78 is 4.97. The average molecular weight is 260 g/mol. The Morgan fingerprint density at radius 3 is 1.95 bits per heavy atom. The molecule has 0 atom stereocenters. The third-order valence-electron chi connectivity index (χ3n) is 2.18. The zero-order valence-corrected chi connectivity index (χ0v) is 11.3. The van der Waals surface area contributed by atoms with Gasteiger partial charge < -0.3 is 21.0 Å². The van der Waals surface area contributed by atoms with E-state index in [-0.39, 0.29) is 0 Å². The molecule has 0 aliphatic carbocycles. The van der Waals surface area contributed by atoms with Crippen LogP contribution >= 0.6 is 0 Å². The second kappa shape index (κ2) is 9.53. The predicted octanol–water partition coefficient (Wildman–Crippen LogP) is 2.67. The van der Waals surface area contributed by atoms with Gasteiger partial charge >= 0.3 is 0 Å². The van der Waals surface area contributed by atoms with Gasteiger partial charge in [0, 0.05) is 5.69 Å². The van der Waals surface area contributed by atoms with Crippen molar-refractivity contribution in [3.63, 3.8) is 0 Å². The van der Waals surface area contributed by atoms with Gasteiger partial charge in [-0.25, -0.2) is 0 Å². The number of hydrogen-bond donors (Lipinski definition) is 2. The van der Waals surface area contributed by atoms with E-state index >= 15 is 0 Å². The summed E-state index contributed by atoms with van der Waals surface area (Å²) >= 11 is 0. The van der Waals surface area contributed by atoms with Crippen molar-refractivity contribution in [3.05, 3.63) is 54.1 Å². The highest BCUT2D eigenvalue weighted by Gasteiger charge is 1.95. The molecule has 0 aromatic heterocycles. The van der Waals surface area contributed by atoms with Gasteiger partial charge in [0.1, 0.15) is 12.5 Å². The fourth-order valence-electron chi connectivity index (χ4n) is 1.31. The largest absolute Gasteiger partial charge is 0.495 e. The number of nitrogen functional groups attached to an aromatic ring is 2. The summed E-state index contributed by atoms with van der Waals surface area (Å²) in [6.07, 6.45) is 0. The number of para-hydroxylation sites is 1. The molecular formula is C15H20N2O2. The maximum absolute atomic E-state index is 8.00. The highest BCUT2D eigenvalue weighted by atomic mass is 16.5. The third-order valence-corrected chi connectivity index (χ3v) is 2.18. The second-order valence-electron chi connectivity index (χ2n) is 3.66. The van der Waals surface area contributed by atoms with Crippen molar-refractivity contribution in [1.29, 1.82) is 0 Å². The molecule has 2 aromatic rings. The van der Waals surface area contributed by atoms with Crippen LogP contribution in [-0.2, 0) is 4.79 Å². The second-order valence-corrected chi connectivity index (χ2v) is 3.66. The van der Waals surface area contributed by atoms with Gasteiger partial charge in [-0.05, 0) is 36.8 Å². The number of carbonyl (C=O) groups is 1. The standard InChI is InChI=1S/C8H11NO.C6H7N.CH2O/c1-6-3-4-8(10-2)7(9)5-6;7-6-4-2-1-3-5-6;1-2/h3-5H,9H2,1-2H3;1-5H,7H2;1H2. The molecule has 0 heterocycles. The van der Waals surface area contributed by atoms with Crippen LogP contribution in [0, 0.1) is 6.92 Å². The van der Waals surface area contributed by atoms with Gasteiger partial charge in [-0.15, -0.1) is 0 Å². The molecule has 4 N–H and O–H groups in total. The first-order valence-corrected chi connectivity index (χ1v) is 5.63. The molecule has 0 amide bonds. The predicted molar refractivity (Wildman–Crippen MR) is 80.1 cm³/mol. The SMILES string of the molecule is C=O.COc1ccc(C)cc1N.Nc1ccccc1. The molecule has 0 saturated carbocycles. The van der Waals surface area contributed by atoms with Crippen LogP contribution in [0.3, 0.4) is 0 Å². The van der Waals surface area contributed by atoms with Crippen molar-refractivity contribution in [2.45, 2.75) is 6.92 Å². The Bertz CT molecular complexity index is 473. The number of anilines is 2. The molecule has 4 heteroatoms. The topological polar surface area (TPSA) is 78.3 Å². The number of ether oxygens (including phenoxy) is 1. The lowest BCUT2D eigenvalue weighted by Gasteiger charge is -2.03. The van der Waals surface area contributed by atoms with Crippen molar-refractivity contribution in [2.24, 2.45) is 0 Å². The summed E-state index contributed by atoms with van der Waals surface area (Å²) in [6.45, 7) is 4.00. The number of aryl methyl sites for hydroxylation is 1. The van der Waals surface area contributed by atoms with Gasteiger partial charge in [-0.3, -0.25) is 0 Å². The quantitative estimate of drug-likeness (QED) is 0.773. The van der Waals surface area contributed by atoms with E-state index in [0.717, 1.165) is 17.0 Å². The summed E-state index contributed by atoms with van der Waals surface area (Å²) in [7, 11) is 1.61. The molecule has 2 rings (SSSR count). The minimum absolute atomic E-state index is 0.697. The maximum Gasteiger partial charge on any atom is 0.141 e. The van der Waals surface area contributed by atoms with Crippen LogP contribution in [0.1, 0.15) is 5.56 Å². The summed E-state index contributed by atoms with van der Waals surface area (Å²) in [5.74, 6) is 0.741. The van der Waals surface area contributed by atoms with E-state index in [0.29, 0.717) is 5.69 Å². The summed E-state index contributed by atoms with van der Waals surface area (Å²) in [6, 6.07) is 15.2. The number of methoxy groups -OCH3 is 1. The van der Waals surface area contributed by atoms with Gasteiger partial charge in [0.15, 0.2) is 0 Å². The Balaban J connectivity index is 0.000000316. The number of nitrogens with two attached hydrogens (primary N) is 2. The van der Waals surface area contributed by atoms with Crippen LogP contribution in [0.4, 0.5) is 11.4 Å². The number of rotatable bonds is 1. The van der Waals surface area contributed by atoms with Crippen LogP contribution in [0.5, 0.6) is 5.75 Å². The lowest BCUT2D eigenvalue weighted by Crippen LogP contribution is -1.91. The summed E-state index contributed by atoms with van der Waals surface area (Å²) in [5.41, 5.74) is 13.6. The molecule has 0 spiro atoms. The van der Waals surface area contributed by atoms with Gasteiger partial charge in [0.2, 0.25) is 0 Å². The maximum atomic E-state index is 8.00. The van der Waals surface area contributed by atoms with Gasteiger partial charge in [-0.2, -0.15) is 0 Å². The van der Waals surface area contributed by atoms with Gasteiger partial charge in [-0.1, -0.05) is 24.3 Å². The minimum atomic E-state index is 0.697.